The summed E-state index contributed by atoms with van der Waals surface area (Å²) < 4.78 is 33.1. The van der Waals surface area contributed by atoms with Crippen molar-refractivity contribution in [3.63, 3.8) is 0 Å². The van der Waals surface area contributed by atoms with Gasteiger partial charge in [0.15, 0.2) is 6.61 Å². The number of rotatable bonds is 7. The number of hydrogen-bond donors (Lipinski definition) is 2. The first kappa shape index (κ1) is 20.5. The molecular weight excluding hydrogens is 394 g/mol. The molecule has 0 aromatic heterocycles. The fraction of sp³-hybridized carbons (Fsp3) is 0.250. The number of nitrogens with one attached hydrogen (secondary N) is 2. The molecule has 8 nitrogen and oxygen atoms in total. The van der Waals surface area contributed by atoms with E-state index in [0.29, 0.717) is 17.8 Å². The van der Waals surface area contributed by atoms with Gasteiger partial charge in [-0.25, -0.2) is 0 Å². The number of fused-ring (bicyclic) bond motifs is 1. The molecule has 1 aliphatic heterocycles. The Bertz CT molecular complexity index is 1060. The Labute approximate surface area is 169 Å². The maximum absolute atomic E-state index is 12.2. The first-order chi connectivity index (χ1) is 13.8. The predicted molar refractivity (Wildman–Crippen MR) is 109 cm³/mol. The Morgan fingerprint density at radius 3 is 2.62 bits per heavy atom. The standard InChI is InChI=1S/C20H21N3O5S/c1-14-7-2-3-8-15(14)22-19(24)13-28-20(25)12-6-11-18-21-16-9-4-5-10-17(16)29(26,27)23-18/h2-5,7-10H,6,11-13H2,1H3,(H,21,23)(H,22,24). The van der Waals surface area contributed by atoms with Crippen LogP contribution >= 0.6 is 0 Å². The van der Waals surface area contributed by atoms with Crippen molar-refractivity contribution >= 4 is 39.1 Å². The summed E-state index contributed by atoms with van der Waals surface area (Å²) in [6.45, 7) is 1.48. The number of carbonyl (C=O) groups excluding carboxylic acids is 2. The lowest BCUT2D eigenvalue weighted by atomic mass is 10.2. The Morgan fingerprint density at radius 2 is 1.83 bits per heavy atom. The molecule has 1 amide bonds. The molecule has 1 heterocycles. The molecule has 9 heteroatoms. The molecule has 0 spiro atoms. The number of carbonyl (C=O) groups is 2. The molecule has 152 valence electrons. The zero-order valence-electron chi connectivity index (χ0n) is 15.8. The van der Waals surface area contributed by atoms with Gasteiger partial charge in [-0.05, 0) is 37.1 Å². The van der Waals surface area contributed by atoms with E-state index in [9.17, 15) is 18.0 Å². The fourth-order valence-electron chi connectivity index (χ4n) is 2.79. The highest BCUT2D eigenvalue weighted by atomic mass is 32.2. The lowest BCUT2D eigenvalue weighted by Gasteiger charge is -2.17. The summed E-state index contributed by atoms with van der Waals surface area (Å²) in [6.07, 6.45) is 0.639. The van der Waals surface area contributed by atoms with Gasteiger partial charge in [-0.2, -0.15) is 8.42 Å². The number of anilines is 2. The topological polar surface area (TPSA) is 114 Å². The van der Waals surface area contributed by atoms with Crippen LogP contribution in [0.5, 0.6) is 0 Å². The lowest BCUT2D eigenvalue weighted by Crippen LogP contribution is -2.22. The first-order valence-corrected chi connectivity index (χ1v) is 10.5. The molecule has 0 saturated heterocycles. The lowest BCUT2D eigenvalue weighted by molar-refractivity contribution is -0.147. The average molecular weight is 415 g/mol. The van der Waals surface area contributed by atoms with Crippen LogP contribution in [0, 0.1) is 6.92 Å². The molecule has 0 atom stereocenters. The van der Waals surface area contributed by atoms with Crippen molar-refractivity contribution in [2.75, 3.05) is 17.2 Å². The van der Waals surface area contributed by atoms with E-state index in [-0.39, 0.29) is 30.2 Å². The predicted octanol–water partition coefficient (Wildman–Crippen LogP) is 2.86. The number of esters is 1. The highest BCUT2D eigenvalue weighted by Gasteiger charge is 2.24. The molecule has 0 fully saturated rings. The smallest absolute Gasteiger partial charge is 0.306 e. The largest absolute Gasteiger partial charge is 0.456 e. The molecule has 0 saturated carbocycles. The average Bonchev–Trinajstić information content (AvgIpc) is 2.68. The van der Waals surface area contributed by atoms with Gasteiger partial charge in [0.2, 0.25) is 0 Å². The second-order valence-corrected chi connectivity index (χ2v) is 8.08. The number of sulfonamides is 1. The number of hydrogen-bond acceptors (Lipinski definition) is 6. The molecule has 29 heavy (non-hydrogen) atoms. The van der Waals surface area contributed by atoms with E-state index in [1.807, 2.05) is 19.1 Å². The zero-order valence-corrected chi connectivity index (χ0v) is 16.7. The number of aryl methyl sites for hydroxylation is 1. The summed E-state index contributed by atoms with van der Waals surface area (Å²) in [5.74, 6) is -0.688. The number of ether oxygens (including phenoxy) is 1. The van der Waals surface area contributed by atoms with Crippen molar-refractivity contribution < 1.29 is 22.7 Å². The van der Waals surface area contributed by atoms with Gasteiger partial charge in [0, 0.05) is 18.5 Å². The Kier molecular flexibility index (Phi) is 6.28. The minimum Gasteiger partial charge on any atom is -0.456 e. The Morgan fingerprint density at radius 1 is 1.10 bits per heavy atom. The normalized spacial score (nSPS) is 14.2. The van der Waals surface area contributed by atoms with E-state index in [4.69, 9.17) is 4.74 Å². The highest BCUT2D eigenvalue weighted by molar-refractivity contribution is 7.90. The molecule has 0 aliphatic carbocycles. The highest BCUT2D eigenvalue weighted by Crippen LogP contribution is 2.27. The number of benzene rings is 2. The van der Waals surface area contributed by atoms with Gasteiger partial charge in [-0.1, -0.05) is 30.3 Å². The van der Waals surface area contributed by atoms with Gasteiger partial charge in [-0.3, -0.25) is 9.59 Å². The third-order valence-electron chi connectivity index (χ3n) is 4.25. The summed E-state index contributed by atoms with van der Waals surface area (Å²) in [5.41, 5.74) is 2.04. The van der Waals surface area contributed by atoms with Crippen molar-refractivity contribution in [3.8, 4) is 0 Å². The van der Waals surface area contributed by atoms with Gasteiger partial charge in [-0.15, -0.1) is 4.40 Å². The van der Waals surface area contributed by atoms with Crippen LogP contribution in [0.3, 0.4) is 0 Å². The zero-order chi connectivity index (χ0) is 20.9. The van der Waals surface area contributed by atoms with E-state index in [2.05, 4.69) is 15.0 Å². The Balaban J connectivity index is 1.43. The van der Waals surface area contributed by atoms with Crippen LogP contribution in [0.4, 0.5) is 11.4 Å². The second-order valence-electron chi connectivity index (χ2n) is 6.51. The van der Waals surface area contributed by atoms with E-state index >= 15 is 0 Å². The number of amides is 1. The van der Waals surface area contributed by atoms with Crippen molar-refractivity contribution in [1.82, 2.24) is 0 Å². The van der Waals surface area contributed by atoms with Gasteiger partial charge >= 0.3 is 5.97 Å². The van der Waals surface area contributed by atoms with Crippen molar-refractivity contribution in [2.24, 2.45) is 4.40 Å². The number of nitrogens with zero attached hydrogens (tertiary/aromatic N) is 1. The fourth-order valence-corrected chi connectivity index (χ4v) is 3.97. The Hall–Kier alpha value is -3.20. The van der Waals surface area contributed by atoms with E-state index in [0.717, 1.165) is 5.56 Å². The van der Waals surface area contributed by atoms with Crippen LogP contribution in [0.2, 0.25) is 0 Å². The SMILES string of the molecule is Cc1ccccc1NC(=O)COC(=O)CCCC1=NS(=O)(=O)c2ccccc2N1. The summed E-state index contributed by atoms with van der Waals surface area (Å²) in [5, 5.41) is 5.64. The molecule has 0 bridgehead atoms. The van der Waals surface area contributed by atoms with Crippen LogP contribution in [-0.4, -0.2) is 32.7 Å². The summed E-state index contributed by atoms with van der Waals surface area (Å²) in [7, 11) is -3.74. The summed E-state index contributed by atoms with van der Waals surface area (Å²) in [4.78, 5) is 23.9. The molecule has 2 N–H and O–H groups in total. The maximum atomic E-state index is 12.2. The van der Waals surface area contributed by atoms with Gasteiger partial charge in [0.1, 0.15) is 10.7 Å². The third kappa shape index (κ3) is 5.41. The number of para-hydroxylation sites is 2. The molecule has 1 aliphatic rings. The second kappa shape index (κ2) is 8.87. The molecular formula is C20H21N3O5S. The van der Waals surface area contributed by atoms with E-state index in [1.165, 1.54) is 6.07 Å². The molecule has 3 rings (SSSR count). The summed E-state index contributed by atoms with van der Waals surface area (Å²) >= 11 is 0. The minimum atomic E-state index is -3.74. The van der Waals surface area contributed by atoms with Crippen LogP contribution < -0.4 is 10.6 Å². The van der Waals surface area contributed by atoms with Crippen LogP contribution in [0.25, 0.3) is 0 Å². The van der Waals surface area contributed by atoms with Crippen molar-refractivity contribution in [1.29, 1.82) is 0 Å². The monoisotopic (exact) mass is 415 g/mol. The van der Waals surface area contributed by atoms with E-state index < -0.39 is 21.9 Å². The molecule has 2 aromatic rings. The molecule has 0 unspecified atom stereocenters. The van der Waals surface area contributed by atoms with E-state index in [1.54, 1.807) is 30.3 Å². The third-order valence-corrected chi connectivity index (χ3v) is 5.62. The molecule has 2 aromatic carbocycles. The first-order valence-electron chi connectivity index (χ1n) is 9.06. The summed E-state index contributed by atoms with van der Waals surface area (Å²) in [6, 6.07) is 13.8. The maximum Gasteiger partial charge on any atom is 0.306 e. The van der Waals surface area contributed by atoms with Gasteiger partial charge in [0.25, 0.3) is 15.9 Å². The van der Waals surface area contributed by atoms with Crippen LogP contribution in [0.1, 0.15) is 24.8 Å². The van der Waals surface area contributed by atoms with Crippen molar-refractivity contribution in [2.45, 2.75) is 31.1 Å². The number of amidine groups is 1. The minimum absolute atomic E-state index is 0.0417. The van der Waals surface area contributed by atoms with Crippen LogP contribution in [-0.2, 0) is 24.3 Å². The van der Waals surface area contributed by atoms with Crippen molar-refractivity contribution in [3.05, 3.63) is 54.1 Å². The van der Waals surface area contributed by atoms with Gasteiger partial charge in [0.05, 0.1) is 5.69 Å². The molecule has 0 radical (unpaired) electrons. The van der Waals surface area contributed by atoms with Gasteiger partial charge < -0.3 is 15.4 Å². The quantitative estimate of drug-likeness (QED) is 0.672. The van der Waals surface area contributed by atoms with Crippen LogP contribution in [0.15, 0.2) is 57.8 Å².